The number of carbonyl (C=O) groups is 1. The van der Waals surface area contributed by atoms with Gasteiger partial charge in [0.05, 0.1) is 13.7 Å². The van der Waals surface area contributed by atoms with E-state index in [1.165, 1.54) is 7.11 Å². The standard InChI is InChI=1S/C10H14N2O4/c1-14-6-7-16-10-8(4-3-5-11-10)9(13)12-15-2/h3-5H,6-7H2,1-2H3,(H,12,13). The number of amides is 1. The molecule has 1 rings (SSSR count). The van der Waals surface area contributed by atoms with Crippen molar-refractivity contribution in [1.82, 2.24) is 10.5 Å². The fourth-order valence-corrected chi connectivity index (χ4v) is 1.05. The zero-order valence-corrected chi connectivity index (χ0v) is 9.23. The highest BCUT2D eigenvalue weighted by Crippen LogP contribution is 2.13. The summed E-state index contributed by atoms with van der Waals surface area (Å²) in [6, 6.07) is 3.25. The van der Waals surface area contributed by atoms with E-state index in [2.05, 4.69) is 15.3 Å². The van der Waals surface area contributed by atoms with Gasteiger partial charge < -0.3 is 9.47 Å². The second-order valence-electron chi connectivity index (χ2n) is 2.83. The zero-order chi connectivity index (χ0) is 11.8. The molecular weight excluding hydrogens is 212 g/mol. The average molecular weight is 226 g/mol. The van der Waals surface area contributed by atoms with Crippen LogP contribution in [0.1, 0.15) is 10.4 Å². The van der Waals surface area contributed by atoms with Gasteiger partial charge in [0.25, 0.3) is 5.91 Å². The van der Waals surface area contributed by atoms with Crippen molar-refractivity contribution in [2.45, 2.75) is 0 Å². The van der Waals surface area contributed by atoms with Gasteiger partial charge in [0, 0.05) is 13.3 Å². The van der Waals surface area contributed by atoms with Crippen LogP contribution in [0.4, 0.5) is 0 Å². The summed E-state index contributed by atoms with van der Waals surface area (Å²) in [6.45, 7) is 0.767. The van der Waals surface area contributed by atoms with Crippen LogP contribution >= 0.6 is 0 Å². The number of methoxy groups -OCH3 is 1. The van der Waals surface area contributed by atoms with Crippen molar-refractivity contribution in [3.8, 4) is 5.88 Å². The van der Waals surface area contributed by atoms with Crippen molar-refractivity contribution in [3.63, 3.8) is 0 Å². The molecule has 0 bridgehead atoms. The van der Waals surface area contributed by atoms with Crippen LogP contribution in [0.5, 0.6) is 5.88 Å². The number of hydrogen-bond acceptors (Lipinski definition) is 5. The third-order valence-corrected chi connectivity index (χ3v) is 1.74. The molecule has 0 saturated heterocycles. The molecule has 0 spiro atoms. The second-order valence-corrected chi connectivity index (χ2v) is 2.83. The number of hydroxylamine groups is 1. The van der Waals surface area contributed by atoms with Gasteiger partial charge in [-0.3, -0.25) is 9.63 Å². The molecule has 0 aliphatic rings. The van der Waals surface area contributed by atoms with Crippen molar-refractivity contribution >= 4 is 5.91 Å². The Balaban J connectivity index is 2.71. The third kappa shape index (κ3) is 3.48. The van der Waals surface area contributed by atoms with Gasteiger partial charge in [-0.05, 0) is 12.1 Å². The Hall–Kier alpha value is -1.66. The quantitative estimate of drug-likeness (QED) is 0.561. The molecule has 0 aliphatic heterocycles. The Morgan fingerprint density at radius 3 is 2.94 bits per heavy atom. The molecule has 0 aliphatic carbocycles. The highest BCUT2D eigenvalue weighted by Gasteiger charge is 2.12. The molecule has 0 aromatic carbocycles. The topological polar surface area (TPSA) is 69.7 Å². The highest BCUT2D eigenvalue weighted by molar-refractivity contribution is 5.95. The lowest BCUT2D eigenvalue weighted by Gasteiger charge is -2.08. The van der Waals surface area contributed by atoms with Gasteiger partial charge in [-0.15, -0.1) is 0 Å². The van der Waals surface area contributed by atoms with E-state index in [1.807, 2.05) is 0 Å². The van der Waals surface area contributed by atoms with E-state index in [4.69, 9.17) is 9.47 Å². The summed E-state index contributed by atoms with van der Waals surface area (Å²) in [5.74, 6) is -0.142. The average Bonchev–Trinajstić information content (AvgIpc) is 2.30. The van der Waals surface area contributed by atoms with Crippen molar-refractivity contribution < 1.29 is 19.1 Å². The van der Waals surface area contributed by atoms with Gasteiger partial charge >= 0.3 is 0 Å². The molecule has 1 amide bonds. The van der Waals surface area contributed by atoms with Gasteiger partial charge in [-0.2, -0.15) is 0 Å². The van der Waals surface area contributed by atoms with Crippen LogP contribution in [0.3, 0.4) is 0 Å². The maximum absolute atomic E-state index is 11.5. The lowest BCUT2D eigenvalue weighted by atomic mass is 10.2. The molecule has 1 N–H and O–H groups in total. The van der Waals surface area contributed by atoms with Crippen LogP contribution in [0.15, 0.2) is 18.3 Å². The Morgan fingerprint density at radius 1 is 1.44 bits per heavy atom. The lowest BCUT2D eigenvalue weighted by Crippen LogP contribution is -2.23. The van der Waals surface area contributed by atoms with E-state index in [-0.39, 0.29) is 5.88 Å². The van der Waals surface area contributed by atoms with Crippen LogP contribution in [0.2, 0.25) is 0 Å². The minimum Gasteiger partial charge on any atom is -0.475 e. The van der Waals surface area contributed by atoms with Gasteiger partial charge in [-0.1, -0.05) is 0 Å². The molecule has 1 heterocycles. The Bertz CT molecular complexity index is 343. The van der Waals surface area contributed by atoms with Crippen LogP contribution < -0.4 is 10.2 Å². The summed E-state index contributed by atoms with van der Waals surface area (Å²) in [6.07, 6.45) is 1.55. The summed E-state index contributed by atoms with van der Waals surface area (Å²) in [7, 11) is 2.93. The van der Waals surface area contributed by atoms with Crippen molar-refractivity contribution in [1.29, 1.82) is 0 Å². The first-order chi connectivity index (χ1) is 7.79. The summed E-state index contributed by atoms with van der Waals surface area (Å²) in [5, 5.41) is 0. The number of pyridine rings is 1. The van der Waals surface area contributed by atoms with Gasteiger partial charge in [0.1, 0.15) is 12.2 Å². The normalized spacial score (nSPS) is 9.88. The molecule has 16 heavy (non-hydrogen) atoms. The van der Waals surface area contributed by atoms with E-state index in [9.17, 15) is 4.79 Å². The molecule has 6 heteroatoms. The molecule has 88 valence electrons. The molecule has 0 unspecified atom stereocenters. The molecule has 1 aromatic heterocycles. The lowest BCUT2D eigenvalue weighted by molar-refractivity contribution is 0.0531. The molecular formula is C10H14N2O4. The van der Waals surface area contributed by atoms with Crippen molar-refractivity contribution in [3.05, 3.63) is 23.9 Å². The Kier molecular flexibility index (Phi) is 5.24. The van der Waals surface area contributed by atoms with E-state index in [0.717, 1.165) is 0 Å². The maximum Gasteiger partial charge on any atom is 0.280 e. The monoisotopic (exact) mass is 226 g/mol. The minimum atomic E-state index is -0.400. The number of aromatic nitrogens is 1. The molecule has 6 nitrogen and oxygen atoms in total. The summed E-state index contributed by atoms with van der Waals surface area (Å²) in [4.78, 5) is 20.0. The van der Waals surface area contributed by atoms with Gasteiger partial charge in [0.2, 0.25) is 5.88 Å². The van der Waals surface area contributed by atoms with E-state index < -0.39 is 5.91 Å². The predicted octanol–water partition coefficient (Wildman–Crippen LogP) is 0.398. The minimum absolute atomic E-state index is 0.258. The fraction of sp³-hybridized carbons (Fsp3) is 0.400. The number of hydrogen-bond donors (Lipinski definition) is 1. The molecule has 1 aromatic rings. The van der Waals surface area contributed by atoms with Crippen molar-refractivity contribution in [2.75, 3.05) is 27.4 Å². The Labute approximate surface area is 93.5 Å². The first-order valence-electron chi connectivity index (χ1n) is 4.69. The number of rotatable bonds is 6. The van der Waals surface area contributed by atoms with Gasteiger partial charge in [-0.25, -0.2) is 10.5 Å². The smallest absolute Gasteiger partial charge is 0.280 e. The van der Waals surface area contributed by atoms with Crippen LogP contribution in [0, 0.1) is 0 Å². The summed E-state index contributed by atoms with van der Waals surface area (Å²) in [5.41, 5.74) is 2.52. The predicted molar refractivity (Wildman–Crippen MR) is 56.1 cm³/mol. The maximum atomic E-state index is 11.5. The largest absolute Gasteiger partial charge is 0.475 e. The van der Waals surface area contributed by atoms with Crippen LogP contribution in [-0.4, -0.2) is 38.3 Å². The van der Waals surface area contributed by atoms with E-state index in [0.29, 0.717) is 18.8 Å². The molecule has 0 radical (unpaired) electrons. The highest BCUT2D eigenvalue weighted by atomic mass is 16.6. The number of ether oxygens (including phenoxy) is 2. The van der Waals surface area contributed by atoms with E-state index in [1.54, 1.807) is 25.4 Å². The first-order valence-corrected chi connectivity index (χ1v) is 4.69. The first kappa shape index (κ1) is 12.4. The number of carbonyl (C=O) groups excluding carboxylic acids is 1. The van der Waals surface area contributed by atoms with E-state index >= 15 is 0 Å². The second kappa shape index (κ2) is 6.76. The summed E-state index contributed by atoms with van der Waals surface area (Å²) < 4.78 is 10.1. The molecule has 0 saturated carbocycles. The fourth-order valence-electron chi connectivity index (χ4n) is 1.05. The SMILES string of the molecule is COCCOc1ncccc1C(=O)NOC. The van der Waals surface area contributed by atoms with Crippen LogP contribution in [-0.2, 0) is 9.57 Å². The Morgan fingerprint density at radius 2 is 2.25 bits per heavy atom. The molecule has 0 atom stereocenters. The number of nitrogens with zero attached hydrogens (tertiary/aromatic N) is 1. The van der Waals surface area contributed by atoms with Gasteiger partial charge in [0.15, 0.2) is 0 Å². The number of nitrogens with one attached hydrogen (secondary N) is 1. The third-order valence-electron chi connectivity index (χ3n) is 1.74. The summed E-state index contributed by atoms with van der Waals surface area (Å²) >= 11 is 0. The van der Waals surface area contributed by atoms with Crippen molar-refractivity contribution in [2.24, 2.45) is 0 Å². The van der Waals surface area contributed by atoms with Crippen LogP contribution in [0.25, 0.3) is 0 Å². The zero-order valence-electron chi connectivity index (χ0n) is 9.23. The molecule has 0 fully saturated rings.